The van der Waals surface area contributed by atoms with Crippen molar-refractivity contribution in [2.45, 2.75) is 25.8 Å². The molecule has 0 bridgehead atoms. The minimum atomic E-state index is 0.481. The van der Waals surface area contributed by atoms with Crippen LogP contribution in [0, 0.1) is 0 Å². The molecule has 6 heteroatoms. The first-order valence-corrected chi connectivity index (χ1v) is 7.39. The van der Waals surface area contributed by atoms with E-state index in [9.17, 15) is 0 Å². The number of anilines is 2. The van der Waals surface area contributed by atoms with Crippen molar-refractivity contribution in [2.75, 3.05) is 37.3 Å². The summed E-state index contributed by atoms with van der Waals surface area (Å²) >= 11 is 12.2. The molecule has 1 aromatic rings. The summed E-state index contributed by atoms with van der Waals surface area (Å²) in [4.78, 5) is 6.87. The highest BCUT2D eigenvalue weighted by atomic mass is 35.5. The van der Waals surface area contributed by atoms with Crippen LogP contribution in [0.2, 0.25) is 10.0 Å². The van der Waals surface area contributed by atoms with Crippen molar-refractivity contribution in [3.8, 4) is 0 Å². The van der Waals surface area contributed by atoms with Gasteiger partial charge in [0.05, 0.1) is 10.0 Å². The van der Waals surface area contributed by atoms with Crippen LogP contribution in [-0.2, 0) is 0 Å². The minimum Gasteiger partial charge on any atom is -0.372 e. The lowest BCUT2D eigenvalue weighted by atomic mass is 10.3. The smallest absolute Gasteiger partial charge is 0.147 e. The standard InChI is InChI=1S/C13H20Cl2N4/c1-9(19-5-3-4-6-19)8-17-13-11(15)7-10(14)12(16-2)18-13/h7,9H,3-6,8H2,1-2H3,(H2,16,17,18). The Morgan fingerprint density at radius 2 is 1.89 bits per heavy atom. The minimum absolute atomic E-state index is 0.481. The third kappa shape index (κ3) is 3.65. The SMILES string of the molecule is CNc1nc(NCC(C)N2CCCC2)c(Cl)cc1Cl. The van der Waals surface area contributed by atoms with Crippen LogP contribution in [0.4, 0.5) is 11.6 Å². The summed E-state index contributed by atoms with van der Waals surface area (Å²) in [6.07, 6.45) is 2.60. The fraction of sp³-hybridized carbons (Fsp3) is 0.615. The molecule has 1 aliphatic rings. The number of nitrogens with zero attached hydrogens (tertiary/aromatic N) is 2. The van der Waals surface area contributed by atoms with Crippen molar-refractivity contribution < 1.29 is 0 Å². The Labute approximate surface area is 124 Å². The van der Waals surface area contributed by atoms with E-state index < -0.39 is 0 Å². The summed E-state index contributed by atoms with van der Waals surface area (Å²) in [6.45, 7) is 5.43. The maximum Gasteiger partial charge on any atom is 0.147 e. The quantitative estimate of drug-likeness (QED) is 0.875. The molecule has 0 aromatic carbocycles. The van der Waals surface area contributed by atoms with Crippen LogP contribution in [0.15, 0.2) is 6.07 Å². The Morgan fingerprint density at radius 1 is 1.26 bits per heavy atom. The zero-order valence-corrected chi connectivity index (χ0v) is 12.9. The number of aromatic nitrogens is 1. The lowest BCUT2D eigenvalue weighted by Gasteiger charge is -2.24. The van der Waals surface area contributed by atoms with Crippen LogP contribution >= 0.6 is 23.2 Å². The average Bonchev–Trinajstić information content (AvgIpc) is 2.91. The zero-order chi connectivity index (χ0) is 13.8. The highest BCUT2D eigenvalue weighted by molar-refractivity contribution is 6.37. The lowest BCUT2D eigenvalue weighted by Crippen LogP contribution is -2.35. The average molecular weight is 303 g/mol. The van der Waals surface area contributed by atoms with E-state index >= 15 is 0 Å². The van der Waals surface area contributed by atoms with E-state index in [1.165, 1.54) is 25.9 Å². The second-order valence-electron chi connectivity index (χ2n) is 4.87. The second-order valence-corrected chi connectivity index (χ2v) is 5.69. The first kappa shape index (κ1) is 14.7. The lowest BCUT2D eigenvalue weighted by molar-refractivity contribution is 0.269. The number of hydrogen-bond acceptors (Lipinski definition) is 4. The van der Waals surface area contributed by atoms with Crippen LogP contribution in [0.25, 0.3) is 0 Å². The molecule has 1 aromatic heterocycles. The molecule has 0 saturated carbocycles. The van der Waals surface area contributed by atoms with Gasteiger partial charge in [0, 0.05) is 19.6 Å². The number of nitrogens with one attached hydrogen (secondary N) is 2. The molecule has 0 amide bonds. The summed E-state index contributed by atoms with van der Waals surface area (Å²) in [5.74, 6) is 1.32. The van der Waals surface area contributed by atoms with Gasteiger partial charge in [-0.2, -0.15) is 0 Å². The molecule has 2 heterocycles. The maximum atomic E-state index is 6.15. The van der Waals surface area contributed by atoms with Gasteiger partial charge in [-0.05, 0) is 38.9 Å². The monoisotopic (exact) mass is 302 g/mol. The van der Waals surface area contributed by atoms with Gasteiger partial charge in [0.1, 0.15) is 11.6 Å². The summed E-state index contributed by atoms with van der Waals surface area (Å²) in [5.41, 5.74) is 0. The Hall–Kier alpha value is -0.710. The van der Waals surface area contributed by atoms with Crippen molar-refractivity contribution >= 4 is 34.8 Å². The van der Waals surface area contributed by atoms with Crippen molar-refractivity contribution in [1.29, 1.82) is 0 Å². The molecule has 19 heavy (non-hydrogen) atoms. The van der Waals surface area contributed by atoms with Gasteiger partial charge in [-0.3, -0.25) is 4.90 Å². The normalized spacial score (nSPS) is 17.5. The Balaban J connectivity index is 1.98. The molecular weight excluding hydrogens is 283 g/mol. The predicted octanol–water partition coefficient (Wildman–Crippen LogP) is 3.33. The van der Waals surface area contributed by atoms with E-state index in [2.05, 4.69) is 27.4 Å². The van der Waals surface area contributed by atoms with E-state index in [0.29, 0.717) is 27.7 Å². The van der Waals surface area contributed by atoms with Crippen molar-refractivity contribution in [2.24, 2.45) is 0 Å². The van der Waals surface area contributed by atoms with E-state index in [0.717, 1.165) is 6.54 Å². The maximum absolute atomic E-state index is 6.15. The molecule has 4 nitrogen and oxygen atoms in total. The van der Waals surface area contributed by atoms with Crippen molar-refractivity contribution in [3.05, 3.63) is 16.1 Å². The van der Waals surface area contributed by atoms with E-state index in [4.69, 9.17) is 23.2 Å². The molecule has 1 atom stereocenters. The number of halogens is 2. The van der Waals surface area contributed by atoms with Gasteiger partial charge in [-0.1, -0.05) is 23.2 Å². The number of likely N-dealkylation sites (tertiary alicyclic amines) is 1. The molecule has 1 fully saturated rings. The summed E-state index contributed by atoms with van der Waals surface area (Å²) in [7, 11) is 1.79. The van der Waals surface area contributed by atoms with Gasteiger partial charge < -0.3 is 10.6 Å². The van der Waals surface area contributed by atoms with E-state index in [-0.39, 0.29) is 0 Å². The molecular formula is C13H20Cl2N4. The molecule has 2 N–H and O–H groups in total. The molecule has 2 rings (SSSR count). The Morgan fingerprint density at radius 3 is 2.53 bits per heavy atom. The van der Waals surface area contributed by atoms with Crippen LogP contribution in [-0.4, -0.2) is 42.6 Å². The van der Waals surface area contributed by atoms with Crippen LogP contribution in [0.5, 0.6) is 0 Å². The Kier molecular flexibility index (Phi) is 5.13. The van der Waals surface area contributed by atoms with Crippen LogP contribution in [0.3, 0.4) is 0 Å². The molecule has 0 spiro atoms. The van der Waals surface area contributed by atoms with E-state index in [1.807, 2.05) is 0 Å². The van der Waals surface area contributed by atoms with Gasteiger partial charge in [0.2, 0.25) is 0 Å². The molecule has 0 radical (unpaired) electrons. The number of hydrogen-bond donors (Lipinski definition) is 2. The van der Waals surface area contributed by atoms with Gasteiger partial charge in [-0.25, -0.2) is 4.98 Å². The fourth-order valence-electron chi connectivity index (χ4n) is 2.32. The number of pyridine rings is 1. The largest absolute Gasteiger partial charge is 0.372 e. The Bertz CT molecular complexity index is 433. The number of rotatable bonds is 5. The molecule has 1 saturated heterocycles. The van der Waals surface area contributed by atoms with Gasteiger partial charge in [0.15, 0.2) is 0 Å². The molecule has 106 valence electrons. The van der Waals surface area contributed by atoms with Gasteiger partial charge >= 0.3 is 0 Å². The third-order valence-corrected chi connectivity index (χ3v) is 4.07. The third-order valence-electron chi connectivity index (χ3n) is 3.50. The van der Waals surface area contributed by atoms with Crippen LogP contribution < -0.4 is 10.6 Å². The highest BCUT2D eigenvalue weighted by Crippen LogP contribution is 2.29. The predicted molar refractivity (Wildman–Crippen MR) is 82.6 cm³/mol. The van der Waals surface area contributed by atoms with Crippen molar-refractivity contribution in [3.63, 3.8) is 0 Å². The molecule has 0 aliphatic carbocycles. The topological polar surface area (TPSA) is 40.2 Å². The summed E-state index contributed by atoms with van der Waals surface area (Å²) < 4.78 is 0. The summed E-state index contributed by atoms with van der Waals surface area (Å²) in [5, 5.41) is 7.35. The van der Waals surface area contributed by atoms with E-state index in [1.54, 1.807) is 13.1 Å². The van der Waals surface area contributed by atoms with Gasteiger partial charge in [-0.15, -0.1) is 0 Å². The second kappa shape index (κ2) is 6.64. The fourth-order valence-corrected chi connectivity index (χ4v) is 2.84. The first-order chi connectivity index (χ1) is 9.11. The highest BCUT2D eigenvalue weighted by Gasteiger charge is 2.18. The van der Waals surface area contributed by atoms with Gasteiger partial charge in [0.25, 0.3) is 0 Å². The zero-order valence-electron chi connectivity index (χ0n) is 11.3. The van der Waals surface area contributed by atoms with Crippen molar-refractivity contribution in [1.82, 2.24) is 9.88 Å². The van der Waals surface area contributed by atoms with Crippen LogP contribution in [0.1, 0.15) is 19.8 Å². The first-order valence-electron chi connectivity index (χ1n) is 6.63. The molecule has 1 unspecified atom stereocenters. The molecule has 1 aliphatic heterocycles. The summed E-state index contributed by atoms with van der Waals surface area (Å²) in [6, 6.07) is 2.19.